The molecule has 7 heteroatoms. The van der Waals surface area contributed by atoms with Crippen molar-refractivity contribution in [2.24, 2.45) is 0 Å². The molecule has 1 aliphatic rings. The summed E-state index contributed by atoms with van der Waals surface area (Å²) in [5, 5.41) is 15.5. The summed E-state index contributed by atoms with van der Waals surface area (Å²) in [7, 11) is 0. The average molecular weight is 319 g/mol. The molecule has 0 aromatic carbocycles. The maximum Gasteiger partial charge on any atom is 0.235 e. The van der Waals surface area contributed by atoms with Crippen molar-refractivity contribution in [3.8, 4) is 9.88 Å². The summed E-state index contributed by atoms with van der Waals surface area (Å²) in [5.74, 6) is 1.99. The molecule has 21 heavy (non-hydrogen) atoms. The van der Waals surface area contributed by atoms with Gasteiger partial charge in [0.1, 0.15) is 0 Å². The Labute approximate surface area is 131 Å². The van der Waals surface area contributed by atoms with Gasteiger partial charge in [0.25, 0.3) is 0 Å². The topological polar surface area (TPSA) is 56.0 Å². The van der Waals surface area contributed by atoms with Crippen LogP contribution < -0.4 is 0 Å². The average Bonchev–Trinajstić information content (AvgIpc) is 3.01. The van der Waals surface area contributed by atoms with Crippen LogP contribution in [0.4, 0.5) is 0 Å². The van der Waals surface area contributed by atoms with Gasteiger partial charge in [0, 0.05) is 5.92 Å². The minimum Gasteiger partial charge on any atom is -0.246 e. The molecule has 0 radical (unpaired) electrons. The zero-order valence-corrected chi connectivity index (χ0v) is 14.0. The van der Waals surface area contributed by atoms with E-state index in [1.54, 1.807) is 22.7 Å². The Kier molecular flexibility index (Phi) is 3.08. The first kappa shape index (κ1) is 13.3. The highest BCUT2D eigenvalue weighted by Crippen LogP contribution is 2.39. The van der Waals surface area contributed by atoms with Gasteiger partial charge in [0.15, 0.2) is 10.8 Å². The molecular weight excluding hydrogens is 302 g/mol. The summed E-state index contributed by atoms with van der Waals surface area (Å²) in [5.41, 5.74) is 1.15. The third-order valence-electron chi connectivity index (χ3n) is 3.99. The molecule has 4 rings (SSSR count). The number of thiazole rings is 1. The van der Waals surface area contributed by atoms with Crippen LogP contribution in [0, 0.1) is 6.92 Å². The maximum atomic E-state index is 4.78. The molecule has 1 saturated carbocycles. The van der Waals surface area contributed by atoms with Crippen molar-refractivity contribution >= 4 is 27.6 Å². The molecule has 1 fully saturated rings. The summed E-state index contributed by atoms with van der Waals surface area (Å²) in [6.45, 7) is 6.41. The second-order valence-electron chi connectivity index (χ2n) is 5.89. The molecule has 0 amide bonds. The van der Waals surface area contributed by atoms with Crippen LogP contribution in [-0.2, 0) is 0 Å². The zero-order chi connectivity index (χ0) is 14.6. The highest BCUT2D eigenvalue weighted by atomic mass is 32.1. The predicted molar refractivity (Wildman–Crippen MR) is 85.2 cm³/mol. The van der Waals surface area contributed by atoms with E-state index in [2.05, 4.69) is 36.0 Å². The van der Waals surface area contributed by atoms with Crippen LogP contribution in [-0.4, -0.2) is 24.8 Å². The third-order valence-corrected chi connectivity index (χ3v) is 6.03. The number of aryl methyl sites for hydroxylation is 1. The Bertz CT molecular complexity index is 794. The lowest BCUT2D eigenvalue weighted by molar-refractivity contribution is 0.395. The third kappa shape index (κ3) is 2.10. The van der Waals surface area contributed by atoms with Gasteiger partial charge in [0.05, 0.1) is 15.6 Å². The van der Waals surface area contributed by atoms with Crippen LogP contribution in [0.3, 0.4) is 0 Å². The van der Waals surface area contributed by atoms with Crippen LogP contribution in [0.2, 0.25) is 0 Å². The van der Waals surface area contributed by atoms with Crippen molar-refractivity contribution in [2.75, 3.05) is 0 Å². The van der Waals surface area contributed by atoms with E-state index < -0.39 is 0 Å². The molecule has 3 aromatic heterocycles. The van der Waals surface area contributed by atoms with Gasteiger partial charge in [-0.25, -0.2) is 4.98 Å². The molecule has 0 N–H and O–H groups in total. The van der Waals surface area contributed by atoms with Crippen LogP contribution in [0.5, 0.6) is 0 Å². The summed E-state index contributed by atoms with van der Waals surface area (Å²) in [4.78, 5) is 6.75. The summed E-state index contributed by atoms with van der Waals surface area (Å²) >= 11 is 3.34. The molecule has 3 heterocycles. The first-order valence-corrected chi connectivity index (χ1v) is 8.96. The van der Waals surface area contributed by atoms with E-state index in [-0.39, 0.29) is 0 Å². The van der Waals surface area contributed by atoms with E-state index in [0.29, 0.717) is 11.8 Å². The molecular formula is C14H17N5S2. The molecule has 0 saturated heterocycles. The van der Waals surface area contributed by atoms with Crippen LogP contribution in [0.15, 0.2) is 0 Å². The van der Waals surface area contributed by atoms with Gasteiger partial charge in [0.2, 0.25) is 4.96 Å². The number of aromatic nitrogens is 5. The standard InChI is InChI=1S/C14H17N5S2/c1-7(2)10-11(20-8(3)15-10)13-18-19-12(9-5-4-6-9)16-17-14(19)21-13/h7,9H,4-6H2,1-3H3. The van der Waals surface area contributed by atoms with Crippen molar-refractivity contribution in [3.63, 3.8) is 0 Å². The zero-order valence-electron chi connectivity index (χ0n) is 12.3. The van der Waals surface area contributed by atoms with Gasteiger partial charge >= 0.3 is 0 Å². The molecule has 110 valence electrons. The molecule has 0 atom stereocenters. The van der Waals surface area contributed by atoms with Crippen LogP contribution >= 0.6 is 22.7 Å². The SMILES string of the molecule is Cc1nc(C(C)C)c(-c2nn3c(C4CCC4)nnc3s2)s1. The number of fused-ring (bicyclic) bond motifs is 1. The molecule has 0 bridgehead atoms. The number of hydrogen-bond acceptors (Lipinski definition) is 6. The van der Waals surface area contributed by atoms with Crippen molar-refractivity contribution in [1.82, 2.24) is 24.8 Å². The Balaban J connectivity index is 1.82. The van der Waals surface area contributed by atoms with Gasteiger partial charge in [-0.15, -0.1) is 21.5 Å². The maximum absolute atomic E-state index is 4.78. The fraction of sp³-hybridized carbons (Fsp3) is 0.571. The molecule has 5 nitrogen and oxygen atoms in total. The quantitative estimate of drug-likeness (QED) is 0.732. The minimum absolute atomic E-state index is 0.408. The van der Waals surface area contributed by atoms with E-state index in [0.717, 1.165) is 26.5 Å². The number of hydrogen-bond donors (Lipinski definition) is 0. The van der Waals surface area contributed by atoms with Crippen molar-refractivity contribution in [2.45, 2.75) is 51.9 Å². The highest BCUT2D eigenvalue weighted by Gasteiger charge is 2.27. The fourth-order valence-electron chi connectivity index (χ4n) is 2.63. The Morgan fingerprint density at radius 3 is 2.67 bits per heavy atom. The van der Waals surface area contributed by atoms with Gasteiger partial charge in [-0.05, 0) is 25.7 Å². The van der Waals surface area contributed by atoms with Crippen molar-refractivity contribution in [3.05, 3.63) is 16.5 Å². The first-order valence-electron chi connectivity index (χ1n) is 7.33. The first-order chi connectivity index (χ1) is 10.1. The van der Waals surface area contributed by atoms with Gasteiger partial charge in [-0.3, -0.25) is 0 Å². The second-order valence-corrected chi connectivity index (χ2v) is 8.05. The molecule has 3 aromatic rings. The lowest BCUT2D eigenvalue weighted by Crippen LogP contribution is -2.13. The Morgan fingerprint density at radius 2 is 2.00 bits per heavy atom. The molecule has 1 aliphatic carbocycles. The Morgan fingerprint density at radius 1 is 1.19 bits per heavy atom. The lowest BCUT2D eigenvalue weighted by atomic mass is 9.85. The largest absolute Gasteiger partial charge is 0.246 e. The van der Waals surface area contributed by atoms with Crippen molar-refractivity contribution < 1.29 is 0 Å². The Hall–Kier alpha value is -1.34. The van der Waals surface area contributed by atoms with E-state index in [1.807, 2.05) is 4.52 Å². The highest BCUT2D eigenvalue weighted by molar-refractivity contribution is 7.24. The lowest BCUT2D eigenvalue weighted by Gasteiger charge is -2.22. The molecule has 0 spiro atoms. The van der Waals surface area contributed by atoms with Crippen molar-refractivity contribution in [1.29, 1.82) is 0 Å². The van der Waals surface area contributed by atoms with Crippen LogP contribution in [0.25, 0.3) is 14.8 Å². The van der Waals surface area contributed by atoms with E-state index in [1.165, 1.54) is 24.1 Å². The van der Waals surface area contributed by atoms with Gasteiger partial charge in [-0.1, -0.05) is 31.6 Å². The summed E-state index contributed by atoms with van der Waals surface area (Å²) in [6.07, 6.45) is 3.72. The predicted octanol–water partition coefficient (Wildman–Crippen LogP) is 4.01. The minimum atomic E-state index is 0.408. The summed E-state index contributed by atoms with van der Waals surface area (Å²) in [6, 6.07) is 0. The van der Waals surface area contributed by atoms with Gasteiger partial charge < -0.3 is 0 Å². The van der Waals surface area contributed by atoms with E-state index >= 15 is 0 Å². The fourth-order valence-corrected chi connectivity index (χ4v) is 4.63. The van der Waals surface area contributed by atoms with E-state index in [9.17, 15) is 0 Å². The normalized spacial score (nSPS) is 16.0. The summed E-state index contributed by atoms with van der Waals surface area (Å²) < 4.78 is 1.95. The van der Waals surface area contributed by atoms with E-state index in [4.69, 9.17) is 5.10 Å². The number of nitrogens with zero attached hydrogens (tertiary/aromatic N) is 5. The smallest absolute Gasteiger partial charge is 0.235 e. The van der Waals surface area contributed by atoms with Crippen LogP contribution in [0.1, 0.15) is 61.5 Å². The monoisotopic (exact) mass is 319 g/mol. The molecule has 0 aliphatic heterocycles. The second kappa shape index (κ2) is 4.84. The van der Waals surface area contributed by atoms with Gasteiger partial charge in [-0.2, -0.15) is 9.61 Å². The molecule has 0 unspecified atom stereocenters. The number of rotatable bonds is 3.